The van der Waals surface area contributed by atoms with Gasteiger partial charge in [0.2, 0.25) is 0 Å². The predicted molar refractivity (Wildman–Crippen MR) is 76.3 cm³/mol. The van der Waals surface area contributed by atoms with Crippen molar-refractivity contribution in [3.8, 4) is 0 Å². The number of halogens is 1. The maximum absolute atomic E-state index is 12.4. The molecule has 0 amide bonds. The molecule has 1 unspecified atom stereocenters. The van der Waals surface area contributed by atoms with Crippen LogP contribution in [0.3, 0.4) is 0 Å². The van der Waals surface area contributed by atoms with E-state index in [9.17, 15) is 4.79 Å². The van der Waals surface area contributed by atoms with Crippen LogP contribution in [0.4, 0.5) is 0 Å². The van der Waals surface area contributed by atoms with Crippen LogP contribution < -0.4 is 0 Å². The van der Waals surface area contributed by atoms with Crippen LogP contribution >= 0.6 is 11.6 Å². The molecule has 2 aromatic rings. The van der Waals surface area contributed by atoms with Crippen LogP contribution in [-0.4, -0.2) is 10.4 Å². The number of hydrogen-bond acceptors (Lipinski definition) is 1. The molecule has 0 aliphatic carbocycles. The van der Waals surface area contributed by atoms with Gasteiger partial charge in [-0.3, -0.25) is 4.79 Å². The van der Waals surface area contributed by atoms with Crippen LogP contribution in [0.2, 0.25) is 5.02 Å². The van der Waals surface area contributed by atoms with Crippen LogP contribution in [0.5, 0.6) is 0 Å². The van der Waals surface area contributed by atoms with Gasteiger partial charge in [0.05, 0.1) is 0 Å². The summed E-state index contributed by atoms with van der Waals surface area (Å²) in [6, 6.07) is 5.67. The zero-order valence-electron chi connectivity index (χ0n) is 11.0. The summed E-state index contributed by atoms with van der Waals surface area (Å²) < 4.78 is 1.97. The zero-order valence-corrected chi connectivity index (χ0v) is 11.8. The van der Waals surface area contributed by atoms with Crippen molar-refractivity contribution in [2.75, 3.05) is 0 Å². The number of Topliss-reactive ketones (excluding diaryl/α,β-unsaturated/α-hetero) is 1. The minimum atomic E-state index is 0.0799. The lowest BCUT2D eigenvalue weighted by Gasteiger charge is -2.07. The number of ketones is 1. The SMILES string of the molecule is CCCC(C)C(=O)c1cn(C)c2cc(Cl)ccc12. The van der Waals surface area contributed by atoms with Crippen LogP contribution in [0, 0.1) is 5.92 Å². The summed E-state index contributed by atoms with van der Waals surface area (Å²) in [7, 11) is 1.94. The molecular formula is C15H18ClNO. The number of carbonyl (C=O) groups is 1. The molecule has 0 bridgehead atoms. The molecular weight excluding hydrogens is 246 g/mol. The van der Waals surface area contributed by atoms with Gasteiger partial charge in [0.25, 0.3) is 0 Å². The number of aromatic nitrogens is 1. The normalized spacial score (nSPS) is 12.9. The second-order valence-electron chi connectivity index (χ2n) is 4.87. The molecule has 3 heteroatoms. The lowest BCUT2D eigenvalue weighted by atomic mass is 9.95. The van der Waals surface area contributed by atoms with Crippen molar-refractivity contribution in [2.24, 2.45) is 13.0 Å². The standard InChI is InChI=1S/C15H18ClNO/c1-4-5-10(2)15(18)13-9-17(3)14-8-11(16)6-7-12(13)14/h6-10H,4-5H2,1-3H3. The van der Waals surface area contributed by atoms with Gasteiger partial charge >= 0.3 is 0 Å². The summed E-state index contributed by atoms with van der Waals surface area (Å²) in [6.45, 7) is 4.10. The number of carbonyl (C=O) groups excluding carboxylic acids is 1. The first-order valence-corrected chi connectivity index (χ1v) is 6.71. The summed E-state index contributed by atoms with van der Waals surface area (Å²) in [4.78, 5) is 12.4. The van der Waals surface area contributed by atoms with Gasteiger partial charge < -0.3 is 4.57 Å². The lowest BCUT2D eigenvalue weighted by Crippen LogP contribution is -2.10. The van der Waals surface area contributed by atoms with Gasteiger partial charge in [0.1, 0.15) is 0 Å². The Labute approximate surface area is 113 Å². The molecule has 1 atom stereocenters. The fourth-order valence-electron chi connectivity index (χ4n) is 2.38. The topological polar surface area (TPSA) is 22.0 Å². The molecule has 1 aromatic carbocycles. The molecule has 0 saturated carbocycles. The van der Waals surface area contributed by atoms with Gasteiger partial charge in [0, 0.05) is 40.7 Å². The Morgan fingerprint density at radius 2 is 2.17 bits per heavy atom. The van der Waals surface area contributed by atoms with Crippen molar-refractivity contribution in [3.63, 3.8) is 0 Å². The molecule has 18 heavy (non-hydrogen) atoms. The lowest BCUT2D eigenvalue weighted by molar-refractivity contribution is 0.0925. The maximum Gasteiger partial charge on any atom is 0.167 e. The molecule has 0 aliphatic heterocycles. The van der Waals surface area contributed by atoms with E-state index in [1.807, 2.05) is 42.9 Å². The van der Waals surface area contributed by atoms with Gasteiger partial charge in [-0.25, -0.2) is 0 Å². The fraction of sp³-hybridized carbons (Fsp3) is 0.400. The van der Waals surface area contributed by atoms with Gasteiger partial charge in [-0.05, 0) is 18.6 Å². The Morgan fingerprint density at radius 3 is 2.83 bits per heavy atom. The number of aryl methyl sites for hydroxylation is 1. The fourth-order valence-corrected chi connectivity index (χ4v) is 2.55. The molecule has 0 saturated heterocycles. The molecule has 0 aliphatic rings. The highest BCUT2D eigenvalue weighted by molar-refractivity contribution is 6.31. The first-order chi connectivity index (χ1) is 8.54. The number of nitrogens with zero attached hydrogens (tertiary/aromatic N) is 1. The molecule has 0 N–H and O–H groups in total. The average molecular weight is 264 g/mol. The van der Waals surface area contributed by atoms with Crippen molar-refractivity contribution in [3.05, 3.63) is 35.0 Å². The van der Waals surface area contributed by atoms with E-state index in [-0.39, 0.29) is 11.7 Å². The van der Waals surface area contributed by atoms with E-state index in [4.69, 9.17) is 11.6 Å². The minimum absolute atomic E-state index is 0.0799. The minimum Gasteiger partial charge on any atom is -0.350 e. The highest BCUT2D eigenvalue weighted by Gasteiger charge is 2.19. The number of hydrogen-bond donors (Lipinski definition) is 0. The molecule has 1 heterocycles. The largest absolute Gasteiger partial charge is 0.350 e. The van der Waals surface area contributed by atoms with Gasteiger partial charge in [-0.15, -0.1) is 0 Å². The molecule has 0 radical (unpaired) electrons. The number of fused-ring (bicyclic) bond motifs is 1. The van der Waals surface area contributed by atoms with Crippen LogP contribution in [0.25, 0.3) is 10.9 Å². The highest BCUT2D eigenvalue weighted by Crippen LogP contribution is 2.26. The number of benzene rings is 1. The third-order valence-corrected chi connectivity index (χ3v) is 3.62. The maximum atomic E-state index is 12.4. The molecule has 0 spiro atoms. The van der Waals surface area contributed by atoms with E-state index in [0.29, 0.717) is 5.02 Å². The van der Waals surface area contributed by atoms with Crippen molar-refractivity contribution in [1.82, 2.24) is 4.57 Å². The van der Waals surface area contributed by atoms with Gasteiger partial charge in [0.15, 0.2) is 5.78 Å². The Bertz CT molecular complexity index is 585. The second kappa shape index (κ2) is 5.15. The number of rotatable bonds is 4. The molecule has 2 rings (SSSR count). The van der Waals surface area contributed by atoms with E-state index < -0.39 is 0 Å². The summed E-state index contributed by atoms with van der Waals surface area (Å²) in [5.41, 5.74) is 1.82. The Morgan fingerprint density at radius 1 is 1.44 bits per heavy atom. The third-order valence-electron chi connectivity index (χ3n) is 3.39. The van der Waals surface area contributed by atoms with Crippen molar-refractivity contribution < 1.29 is 4.79 Å². The van der Waals surface area contributed by atoms with Crippen molar-refractivity contribution in [1.29, 1.82) is 0 Å². The Kier molecular flexibility index (Phi) is 3.76. The summed E-state index contributed by atoms with van der Waals surface area (Å²) in [5, 5.41) is 1.69. The summed E-state index contributed by atoms with van der Waals surface area (Å²) in [5.74, 6) is 0.307. The van der Waals surface area contributed by atoms with Crippen LogP contribution in [0.15, 0.2) is 24.4 Å². The summed E-state index contributed by atoms with van der Waals surface area (Å²) >= 11 is 5.99. The Hall–Kier alpha value is -1.28. The zero-order chi connectivity index (χ0) is 13.3. The molecule has 0 fully saturated rings. The van der Waals surface area contributed by atoms with Crippen molar-refractivity contribution >= 4 is 28.3 Å². The van der Waals surface area contributed by atoms with E-state index in [0.717, 1.165) is 29.3 Å². The first-order valence-electron chi connectivity index (χ1n) is 6.33. The third kappa shape index (κ3) is 2.30. The molecule has 2 nitrogen and oxygen atoms in total. The summed E-state index contributed by atoms with van der Waals surface area (Å²) in [6.07, 6.45) is 3.88. The van der Waals surface area contributed by atoms with E-state index >= 15 is 0 Å². The van der Waals surface area contributed by atoms with Crippen LogP contribution in [-0.2, 0) is 7.05 Å². The first kappa shape index (κ1) is 13.2. The van der Waals surface area contributed by atoms with Gasteiger partial charge in [-0.1, -0.05) is 37.9 Å². The van der Waals surface area contributed by atoms with Crippen molar-refractivity contribution in [2.45, 2.75) is 26.7 Å². The Balaban J connectivity index is 2.49. The highest BCUT2D eigenvalue weighted by atomic mass is 35.5. The average Bonchev–Trinajstić information content (AvgIpc) is 2.66. The van der Waals surface area contributed by atoms with E-state index in [1.54, 1.807) is 0 Å². The quantitative estimate of drug-likeness (QED) is 0.747. The second-order valence-corrected chi connectivity index (χ2v) is 5.31. The van der Waals surface area contributed by atoms with Crippen LogP contribution in [0.1, 0.15) is 37.0 Å². The molecule has 96 valence electrons. The van der Waals surface area contributed by atoms with E-state index in [2.05, 4.69) is 6.92 Å². The monoisotopic (exact) mass is 263 g/mol. The molecule has 1 aromatic heterocycles. The van der Waals surface area contributed by atoms with E-state index in [1.165, 1.54) is 0 Å². The van der Waals surface area contributed by atoms with Gasteiger partial charge in [-0.2, -0.15) is 0 Å². The predicted octanol–water partition coefficient (Wildman–Crippen LogP) is 4.45. The smallest absolute Gasteiger partial charge is 0.167 e.